The van der Waals surface area contributed by atoms with Gasteiger partial charge in [-0.05, 0) is 24.1 Å². The maximum Gasteiger partial charge on any atom is 0.120 e. The van der Waals surface area contributed by atoms with Crippen molar-refractivity contribution in [2.45, 2.75) is 19.5 Å². The summed E-state index contributed by atoms with van der Waals surface area (Å²) in [6, 6.07) is 14.5. The molecule has 0 amide bonds. The van der Waals surface area contributed by atoms with Crippen LogP contribution in [0.25, 0.3) is 0 Å². The minimum Gasteiger partial charge on any atom is -0.508 e. The lowest BCUT2D eigenvalue weighted by molar-refractivity contribution is 0.468. The average molecular weight is 225 g/mol. The molecule has 86 valence electrons. The fraction of sp³-hybridized carbons (Fsp3) is 0.200. The van der Waals surface area contributed by atoms with Crippen molar-refractivity contribution in [3.05, 3.63) is 64.7 Å². The van der Waals surface area contributed by atoms with Gasteiger partial charge < -0.3 is 10.4 Å². The third kappa shape index (κ3) is 1.71. The first kappa shape index (κ1) is 10.4. The highest BCUT2D eigenvalue weighted by molar-refractivity contribution is 5.47. The van der Waals surface area contributed by atoms with Crippen LogP contribution in [0.1, 0.15) is 28.3 Å². The highest BCUT2D eigenvalue weighted by Crippen LogP contribution is 2.35. The first-order valence-electron chi connectivity index (χ1n) is 5.86. The van der Waals surface area contributed by atoms with Gasteiger partial charge in [0.05, 0.1) is 6.04 Å². The number of hydrogen-bond acceptors (Lipinski definition) is 2. The molecule has 1 unspecified atom stereocenters. The Morgan fingerprint density at radius 3 is 2.65 bits per heavy atom. The van der Waals surface area contributed by atoms with Gasteiger partial charge in [-0.2, -0.15) is 0 Å². The van der Waals surface area contributed by atoms with Crippen LogP contribution in [0.5, 0.6) is 5.75 Å². The Morgan fingerprint density at radius 2 is 1.88 bits per heavy atom. The van der Waals surface area contributed by atoms with Crippen LogP contribution in [-0.4, -0.2) is 5.11 Å². The maximum absolute atomic E-state index is 9.80. The lowest BCUT2D eigenvalue weighted by Crippen LogP contribution is -2.13. The molecule has 0 aromatic heterocycles. The van der Waals surface area contributed by atoms with Crippen LogP contribution < -0.4 is 5.32 Å². The summed E-state index contributed by atoms with van der Waals surface area (Å²) in [5, 5.41) is 13.2. The number of aryl methyl sites for hydroxylation is 1. The van der Waals surface area contributed by atoms with E-state index in [0.717, 1.165) is 12.1 Å². The normalized spacial score (nSPS) is 18.1. The van der Waals surface area contributed by atoms with E-state index in [1.807, 2.05) is 6.07 Å². The Bertz CT molecular complexity index is 545. The van der Waals surface area contributed by atoms with E-state index in [9.17, 15) is 5.11 Å². The largest absolute Gasteiger partial charge is 0.508 e. The number of aromatic hydroxyl groups is 1. The first-order valence-corrected chi connectivity index (χ1v) is 5.86. The molecule has 3 rings (SSSR count). The van der Waals surface area contributed by atoms with Gasteiger partial charge in [0, 0.05) is 12.1 Å². The van der Waals surface area contributed by atoms with Crippen LogP contribution in [0, 0.1) is 6.92 Å². The third-order valence-electron chi connectivity index (χ3n) is 3.39. The van der Waals surface area contributed by atoms with Crippen molar-refractivity contribution in [3.8, 4) is 5.75 Å². The van der Waals surface area contributed by atoms with E-state index < -0.39 is 0 Å². The standard InChI is InChI=1S/C15H15NO/c1-10-5-7-11(8-6-10)15-12-3-2-4-14(17)13(12)9-16-15/h2-8,15-17H,9H2,1H3. The smallest absolute Gasteiger partial charge is 0.120 e. The molecule has 2 nitrogen and oxygen atoms in total. The Balaban J connectivity index is 2.04. The fourth-order valence-corrected chi connectivity index (χ4v) is 2.43. The number of phenolic OH excluding ortho intramolecular Hbond substituents is 1. The van der Waals surface area contributed by atoms with E-state index in [-0.39, 0.29) is 6.04 Å². The SMILES string of the molecule is Cc1ccc(C2NCc3c(O)cccc32)cc1. The van der Waals surface area contributed by atoms with Gasteiger partial charge in [0.2, 0.25) is 0 Å². The summed E-state index contributed by atoms with van der Waals surface area (Å²) in [5.41, 5.74) is 4.73. The van der Waals surface area contributed by atoms with Crippen molar-refractivity contribution in [3.63, 3.8) is 0 Å². The van der Waals surface area contributed by atoms with Crippen LogP contribution in [0.4, 0.5) is 0 Å². The molecule has 2 N–H and O–H groups in total. The second kappa shape index (κ2) is 3.90. The van der Waals surface area contributed by atoms with E-state index in [1.165, 1.54) is 16.7 Å². The topological polar surface area (TPSA) is 32.3 Å². The molecule has 1 heterocycles. The summed E-state index contributed by atoms with van der Waals surface area (Å²) < 4.78 is 0. The maximum atomic E-state index is 9.80. The third-order valence-corrected chi connectivity index (χ3v) is 3.39. The minimum atomic E-state index is 0.206. The van der Waals surface area contributed by atoms with Crippen LogP contribution in [0.15, 0.2) is 42.5 Å². The number of phenols is 1. The van der Waals surface area contributed by atoms with Crippen molar-refractivity contribution in [1.29, 1.82) is 0 Å². The van der Waals surface area contributed by atoms with Crippen molar-refractivity contribution in [2.24, 2.45) is 0 Å². The molecule has 1 atom stereocenters. The van der Waals surface area contributed by atoms with Gasteiger partial charge >= 0.3 is 0 Å². The summed E-state index contributed by atoms with van der Waals surface area (Å²) in [6.07, 6.45) is 0. The average Bonchev–Trinajstić information content (AvgIpc) is 2.75. The molecule has 2 heteroatoms. The van der Waals surface area contributed by atoms with Gasteiger partial charge in [-0.25, -0.2) is 0 Å². The van der Waals surface area contributed by atoms with Gasteiger partial charge in [-0.3, -0.25) is 0 Å². The van der Waals surface area contributed by atoms with Crippen molar-refractivity contribution in [1.82, 2.24) is 5.32 Å². The van der Waals surface area contributed by atoms with Gasteiger partial charge in [-0.1, -0.05) is 42.0 Å². The van der Waals surface area contributed by atoms with Gasteiger partial charge in [-0.15, -0.1) is 0 Å². The minimum absolute atomic E-state index is 0.206. The number of nitrogens with one attached hydrogen (secondary N) is 1. The predicted molar refractivity (Wildman–Crippen MR) is 68.0 cm³/mol. The second-order valence-electron chi connectivity index (χ2n) is 4.57. The lowest BCUT2D eigenvalue weighted by atomic mass is 9.97. The molecule has 0 aliphatic carbocycles. The molecule has 0 saturated carbocycles. The molecule has 2 aromatic carbocycles. The van der Waals surface area contributed by atoms with Crippen LogP contribution >= 0.6 is 0 Å². The lowest BCUT2D eigenvalue weighted by Gasteiger charge is -2.12. The highest BCUT2D eigenvalue weighted by Gasteiger charge is 2.24. The van der Waals surface area contributed by atoms with E-state index >= 15 is 0 Å². The molecule has 17 heavy (non-hydrogen) atoms. The zero-order valence-electron chi connectivity index (χ0n) is 9.77. The summed E-state index contributed by atoms with van der Waals surface area (Å²) in [5.74, 6) is 0.393. The fourth-order valence-electron chi connectivity index (χ4n) is 2.43. The Hall–Kier alpha value is -1.80. The molecule has 1 aliphatic heterocycles. The molecule has 0 fully saturated rings. The number of benzene rings is 2. The second-order valence-corrected chi connectivity index (χ2v) is 4.57. The summed E-state index contributed by atoms with van der Waals surface area (Å²) >= 11 is 0. The molecule has 0 saturated heterocycles. The summed E-state index contributed by atoms with van der Waals surface area (Å²) in [6.45, 7) is 2.83. The molecule has 1 aliphatic rings. The number of fused-ring (bicyclic) bond motifs is 1. The molecular weight excluding hydrogens is 210 g/mol. The predicted octanol–water partition coefficient (Wildman–Crippen LogP) is 2.89. The van der Waals surface area contributed by atoms with E-state index in [0.29, 0.717) is 5.75 Å². The molecule has 2 aromatic rings. The quantitative estimate of drug-likeness (QED) is 0.782. The number of hydrogen-bond donors (Lipinski definition) is 2. The highest BCUT2D eigenvalue weighted by atomic mass is 16.3. The van der Waals surface area contributed by atoms with Crippen molar-refractivity contribution >= 4 is 0 Å². The van der Waals surface area contributed by atoms with Gasteiger partial charge in [0.15, 0.2) is 0 Å². The summed E-state index contributed by atoms with van der Waals surface area (Å²) in [7, 11) is 0. The molecule has 0 bridgehead atoms. The van der Waals surface area contributed by atoms with Crippen molar-refractivity contribution < 1.29 is 5.11 Å². The van der Waals surface area contributed by atoms with Crippen LogP contribution in [0.2, 0.25) is 0 Å². The zero-order valence-corrected chi connectivity index (χ0v) is 9.77. The zero-order chi connectivity index (χ0) is 11.8. The van der Waals surface area contributed by atoms with Gasteiger partial charge in [0.1, 0.15) is 5.75 Å². The van der Waals surface area contributed by atoms with Crippen molar-refractivity contribution in [2.75, 3.05) is 0 Å². The Kier molecular flexibility index (Phi) is 2.37. The summed E-state index contributed by atoms with van der Waals surface area (Å²) in [4.78, 5) is 0. The van der Waals surface area contributed by atoms with Crippen LogP contribution in [-0.2, 0) is 6.54 Å². The Labute approximate surface area is 101 Å². The Morgan fingerprint density at radius 1 is 1.12 bits per heavy atom. The monoisotopic (exact) mass is 225 g/mol. The molecule has 0 spiro atoms. The first-order chi connectivity index (χ1) is 8.25. The van der Waals surface area contributed by atoms with E-state index in [1.54, 1.807) is 6.07 Å². The van der Waals surface area contributed by atoms with Crippen LogP contribution in [0.3, 0.4) is 0 Å². The molecule has 0 radical (unpaired) electrons. The molecular formula is C15H15NO. The van der Waals surface area contributed by atoms with E-state index in [2.05, 4.69) is 42.6 Å². The van der Waals surface area contributed by atoms with Gasteiger partial charge in [0.25, 0.3) is 0 Å². The number of rotatable bonds is 1. The van der Waals surface area contributed by atoms with E-state index in [4.69, 9.17) is 0 Å².